The molecule has 0 saturated carbocycles. The normalized spacial score (nSPS) is 11.6. The zero-order valence-electron chi connectivity index (χ0n) is 13.4. The topological polar surface area (TPSA) is 133 Å². The molecule has 10 heteroatoms. The Kier molecular flexibility index (Phi) is 4.47. The lowest BCUT2D eigenvalue weighted by Crippen LogP contribution is -2.32. The second-order valence-corrected chi connectivity index (χ2v) is 7.14. The van der Waals surface area contributed by atoms with Crippen molar-refractivity contribution in [3.63, 3.8) is 0 Å². The van der Waals surface area contributed by atoms with Gasteiger partial charge in [0.15, 0.2) is 5.69 Å². The molecule has 130 valence electrons. The van der Waals surface area contributed by atoms with Crippen molar-refractivity contribution in [2.75, 3.05) is 12.3 Å². The Morgan fingerprint density at radius 1 is 1.28 bits per heavy atom. The first-order chi connectivity index (χ1) is 11.9. The minimum Gasteiger partial charge on any atom is -0.350 e. The predicted octanol–water partition coefficient (Wildman–Crippen LogP) is 0.142. The summed E-state index contributed by atoms with van der Waals surface area (Å²) < 4.78 is 23.4. The maximum absolute atomic E-state index is 12.2. The van der Waals surface area contributed by atoms with Crippen molar-refractivity contribution >= 4 is 26.8 Å². The van der Waals surface area contributed by atoms with E-state index in [4.69, 9.17) is 5.14 Å². The van der Waals surface area contributed by atoms with Gasteiger partial charge in [-0.3, -0.25) is 9.78 Å². The quantitative estimate of drug-likeness (QED) is 0.665. The van der Waals surface area contributed by atoms with E-state index in [2.05, 4.69) is 20.6 Å². The van der Waals surface area contributed by atoms with Crippen LogP contribution < -0.4 is 10.5 Å². The molecule has 0 saturated heterocycles. The van der Waals surface area contributed by atoms with Gasteiger partial charge < -0.3 is 5.32 Å². The number of nitrogens with two attached hydrogens (primary N) is 1. The van der Waals surface area contributed by atoms with Crippen molar-refractivity contribution in [2.45, 2.75) is 6.92 Å². The second kappa shape index (κ2) is 6.57. The Labute approximate surface area is 143 Å². The molecule has 1 amide bonds. The Balaban J connectivity index is 1.89. The number of benzene rings is 1. The average Bonchev–Trinajstić information content (AvgIpc) is 2.94. The van der Waals surface area contributed by atoms with E-state index in [1.54, 1.807) is 17.8 Å². The number of hydrogen-bond acceptors (Lipinski definition) is 6. The molecule has 25 heavy (non-hydrogen) atoms. The summed E-state index contributed by atoms with van der Waals surface area (Å²) in [6, 6.07) is 9.31. The summed E-state index contributed by atoms with van der Waals surface area (Å²) in [4.78, 5) is 16.5. The summed E-state index contributed by atoms with van der Waals surface area (Å²) in [7, 11) is -3.64. The van der Waals surface area contributed by atoms with Gasteiger partial charge in [-0.25, -0.2) is 18.2 Å². The number of carbonyl (C=O) groups excluding carboxylic acids is 1. The van der Waals surface area contributed by atoms with E-state index < -0.39 is 15.9 Å². The monoisotopic (exact) mass is 360 g/mol. The van der Waals surface area contributed by atoms with Crippen LogP contribution in [0.25, 0.3) is 16.6 Å². The lowest BCUT2D eigenvalue weighted by atomic mass is 10.2. The summed E-state index contributed by atoms with van der Waals surface area (Å²) in [6.07, 6.45) is 1.70. The minimum absolute atomic E-state index is 0.0951. The number of amides is 1. The molecule has 0 spiro atoms. The molecule has 3 aromatic rings. The lowest BCUT2D eigenvalue weighted by molar-refractivity contribution is 0.0950. The van der Waals surface area contributed by atoms with Crippen LogP contribution in [-0.4, -0.2) is 46.6 Å². The fraction of sp³-hybridized carbons (Fsp3) is 0.200. The molecule has 2 aromatic heterocycles. The highest BCUT2D eigenvalue weighted by Crippen LogP contribution is 2.21. The number of pyridine rings is 1. The van der Waals surface area contributed by atoms with Gasteiger partial charge in [-0.05, 0) is 31.2 Å². The van der Waals surface area contributed by atoms with Crippen LogP contribution in [0.3, 0.4) is 0 Å². The highest BCUT2D eigenvalue weighted by Gasteiger charge is 2.18. The zero-order chi connectivity index (χ0) is 18.0. The van der Waals surface area contributed by atoms with Gasteiger partial charge >= 0.3 is 0 Å². The van der Waals surface area contributed by atoms with Gasteiger partial charge in [0.1, 0.15) is 0 Å². The summed E-state index contributed by atoms with van der Waals surface area (Å²) >= 11 is 0. The van der Waals surface area contributed by atoms with E-state index in [1.807, 2.05) is 30.3 Å². The van der Waals surface area contributed by atoms with Gasteiger partial charge in [0.05, 0.1) is 22.7 Å². The number of rotatable bonds is 5. The molecule has 2 heterocycles. The third-order valence-corrected chi connectivity index (χ3v) is 4.41. The molecule has 0 aliphatic rings. The van der Waals surface area contributed by atoms with Gasteiger partial charge in [0.2, 0.25) is 10.0 Å². The highest BCUT2D eigenvalue weighted by molar-refractivity contribution is 7.89. The van der Waals surface area contributed by atoms with E-state index in [9.17, 15) is 13.2 Å². The molecular weight excluding hydrogens is 344 g/mol. The van der Waals surface area contributed by atoms with Crippen molar-refractivity contribution in [1.82, 2.24) is 25.3 Å². The summed E-state index contributed by atoms with van der Waals surface area (Å²) in [5.41, 5.74) is 2.20. The predicted molar refractivity (Wildman–Crippen MR) is 91.7 cm³/mol. The van der Waals surface area contributed by atoms with Gasteiger partial charge in [-0.15, -0.1) is 5.10 Å². The van der Waals surface area contributed by atoms with Crippen LogP contribution in [0.4, 0.5) is 0 Å². The first-order valence-electron chi connectivity index (χ1n) is 7.42. The number of primary sulfonamides is 1. The fourth-order valence-electron chi connectivity index (χ4n) is 2.43. The Hall–Kier alpha value is -2.85. The van der Waals surface area contributed by atoms with E-state index in [0.717, 1.165) is 16.6 Å². The SMILES string of the molecule is Cc1c(C(=O)NCCS(N)(=O)=O)nnn1-c1cccc2ncccc12. The molecule has 3 rings (SSSR count). The number of aromatic nitrogens is 4. The van der Waals surface area contributed by atoms with Crippen molar-refractivity contribution in [3.8, 4) is 5.69 Å². The number of hydrogen-bond donors (Lipinski definition) is 2. The first-order valence-corrected chi connectivity index (χ1v) is 9.13. The molecule has 0 unspecified atom stereocenters. The molecule has 1 aromatic carbocycles. The van der Waals surface area contributed by atoms with Crippen molar-refractivity contribution in [1.29, 1.82) is 0 Å². The molecule has 0 atom stereocenters. The van der Waals surface area contributed by atoms with Crippen molar-refractivity contribution in [3.05, 3.63) is 47.9 Å². The summed E-state index contributed by atoms with van der Waals surface area (Å²) in [5, 5.41) is 16.2. The third kappa shape index (κ3) is 3.64. The third-order valence-electron chi connectivity index (χ3n) is 3.63. The van der Waals surface area contributed by atoms with E-state index in [-0.39, 0.29) is 18.0 Å². The molecule has 0 bridgehead atoms. The highest BCUT2D eigenvalue weighted by atomic mass is 32.2. The van der Waals surface area contributed by atoms with Crippen LogP contribution in [0.5, 0.6) is 0 Å². The molecule has 0 radical (unpaired) electrons. The number of carbonyl (C=O) groups is 1. The molecule has 0 aliphatic heterocycles. The lowest BCUT2D eigenvalue weighted by Gasteiger charge is -2.07. The maximum atomic E-state index is 12.2. The van der Waals surface area contributed by atoms with Gasteiger partial charge in [-0.1, -0.05) is 11.3 Å². The summed E-state index contributed by atoms with van der Waals surface area (Å²) in [6.45, 7) is 1.62. The Bertz CT molecular complexity index is 1040. The largest absolute Gasteiger partial charge is 0.350 e. The van der Waals surface area contributed by atoms with Crippen molar-refractivity contribution < 1.29 is 13.2 Å². The first kappa shape index (κ1) is 17.0. The molecule has 9 nitrogen and oxygen atoms in total. The van der Waals surface area contributed by atoms with Gasteiger partial charge in [0, 0.05) is 18.1 Å². The molecule has 0 aliphatic carbocycles. The summed E-state index contributed by atoms with van der Waals surface area (Å²) in [5.74, 6) is -0.855. The Morgan fingerprint density at radius 2 is 2.08 bits per heavy atom. The molecule has 3 N–H and O–H groups in total. The second-order valence-electron chi connectivity index (χ2n) is 5.41. The van der Waals surface area contributed by atoms with Crippen LogP contribution in [0, 0.1) is 6.92 Å². The standard InChI is InChI=1S/C15H16N6O3S/c1-10-14(15(22)18-8-9-25(16,23)24)19-20-21(10)13-6-2-5-12-11(13)4-3-7-17-12/h2-7H,8-9H2,1H3,(H,18,22)(H2,16,23,24). The van der Waals surface area contributed by atoms with E-state index in [0.29, 0.717) is 5.69 Å². The maximum Gasteiger partial charge on any atom is 0.273 e. The van der Waals surface area contributed by atoms with Gasteiger partial charge in [0.25, 0.3) is 5.91 Å². The van der Waals surface area contributed by atoms with Crippen LogP contribution in [0.15, 0.2) is 36.5 Å². The Morgan fingerprint density at radius 3 is 2.84 bits per heavy atom. The number of fused-ring (bicyclic) bond motifs is 1. The smallest absolute Gasteiger partial charge is 0.273 e. The van der Waals surface area contributed by atoms with E-state index in [1.165, 1.54) is 0 Å². The molecular formula is C15H16N6O3S. The van der Waals surface area contributed by atoms with Crippen molar-refractivity contribution in [2.24, 2.45) is 5.14 Å². The van der Waals surface area contributed by atoms with Crippen LogP contribution >= 0.6 is 0 Å². The number of nitrogens with one attached hydrogen (secondary N) is 1. The van der Waals surface area contributed by atoms with Crippen LogP contribution in [0.2, 0.25) is 0 Å². The molecule has 0 fully saturated rings. The average molecular weight is 360 g/mol. The van der Waals surface area contributed by atoms with E-state index >= 15 is 0 Å². The number of sulfonamides is 1. The van der Waals surface area contributed by atoms with Crippen LogP contribution in [-0.2, 0) is 10.0 Å². The minimum atomic E-state index is -3.64. The van der Waals surface area contributed by atoms with Crippen LogP contribution in [0.1, 0.15) is 16.2 Å². The van der Waals surface area contributed by atoms with Gasteiger partial charge in [-0.2, -0.15) is 0 Å². The zero-order valence-corrected chi connectivity index (χ0v) is 14.2. The fourth-order valence-corrected chi connectivity index (χ4v) is 2.82. The number of nitrogens with zero attached hydrogens (tertiary/aromatic N) is 4.